The van der Waals surface area contributed by atoms with Gasteiger partial charge in [-0.1, -0.05) is 31.5 Å². The van der Waals surface area contributed by atoms with Gasteiger partial charge < -0.3 is 0 Å². The van der Waals surface area contributed by atoms with Gasteiger partial charge in [0.25, 0.3) is 0 Å². The van der Waals surface area contributed by atoms with Gasteiger partial charge in [0.05, 0.1) is 6.07 Å². The van der Waals surface area contributed by atoms with Gasteiger partial charge in [0.2, 0.25) is 0 Å². The SMILES string of the molecule is CCN(CC)C(C#N)c1ccc(Cl)cc1F. The predicted octanol–water partition coefficient (Wildman–Crippen LogP) is 3.39. The Balaban J connectivity index is 3.09. The van der Waals surface area contributed by atoms with Gasteiger partial charge in [-0.2, -0.15) is 5.26 Å². The molecule has 1 aromatic rings. The van der Waals surface area contributed by atoms with Crippen molar-refractivity contribution in [3.05, 3.63) is 34.6 Å². The fraction of sp³-hybridized carbons (Fsp3) is 0.417. The summed E-state index contributed by atoms with van der Waals surface area (Å²) in [5.41, 5.74) is 0.385. The molecule has 4 heteroatoms. The van der Waals surface area contributed by atoms with Crippen LogP contribution in [0.15, 0.2) is 18.2 Å². The molecular weight excluding hydrogens is 227 g/mol. The molecule has 86 valence electrons. The Bertz CT molecular complexity index is 396. The maximum Gasteiger partial charge on any atom is 0.130 e. The fourth-order valence-corrected chi connectivity index (χ4v) is 1.82. The number of rotatable bonds is 4. The van der Waals surface area contributed by atoms with E-state index in [4.69, 9.17) is 16.9 Å². The molecule has 0 bridgehead atoms. The summed E-state index contributed by atoms with van der Waals surface area (Å²) in [6, 6.07) is 5.99. The zero-order chi connectivity index (χ0) is 12.1. The number of benzene rings is 1. The third kappa shape index (κ3) is 2.72. The first-order valence-electron chi connectivity index (χ1n) is 5.22. The standard InChI is InChI=1S/C12H14ClFN2/c1-3-16(4-2)12(8-15)10-6-5-9(13)7-11(10)14/h5-7,12H,3-4H2,1-2H3. The van der Waals surface area contributed by atoms with E-state index in [9.17, 15) is 4.39 Å². The molecule has 0 saturated carbocycles. The molecule has 0 spiro atoms. The fourth-order valence-electron chi connectivity index (χ4n) is 1.66. The first-order valence-corrected chi connectivity index (χ1v) is 5.60. The number of nitrogens with zero attached hydrogens (tertiary/aromatic N) is 2. The second-order valence-electron chi connectivity index (χ2n) is 3.42. The lowest BCUT2D eigenvalue weighted by Crippen LogP contribution is -2.28. The Kier molecular flexibility index (Phi) is 4.72. The molecule has 0 aromatic heterocycles. The molecule has 2 nitrogen and oxygen atoms in total. The van der Waals surface area contributed by atoms with Crippen molar-refractivity contribution in [1.29, 1.82) is 5.26 Å². The second-order valence-corrected chi connectivity index (χ2v) is 3.86. The van der Waals surface area contributed by atoms with E-state index in [2.05, 4.69) is 6.07 Å². The molecule has 0 heterocycles. The van der Waals surface area contributed by atoms with Crippen molar-refractivity contribution in [3.63, 3.8) is 0 Å². The summed E-state index contributed by atoms with van der Waals surface area (Å²) >= 11 is 5.68. The molecular formula is C12H14ClFN2. The normalized spacial score (nSPS) is 12.5. The van der Waals surface area contributed by atoms with Crippen molar-refractivity contribution in [1.82, 2.24) is 4.90 Å². The molecule has 0 N–H and O–H groups in total. The van der Waals surface area contributed by atoms with Crippen molar-refractivity contribution in [3.8, 4) is 6.07 Å². The minimum absolute atomic E-state index is 0.345. The van der Waals surface area contributed by atoms with Crippen molar-refractivity contribution in [2.24, 2.45) is 0 Å². The van der Waals surface area contributed by atoms with Crippen LogP contribution in [0.3, 0.4) is 0 Å². The summed E-state index contributed by atoms with van der Waals surface area (Å²) < 4.78 is 13.7. The Labute approximate surface area is 100 Å². The van der Waals surface area contributed by atoms with Crippen LogP contribution < -0.4 is 0 Å². The molecule has 0 saturated heterocycles. The van der Waals surface area contributed by atoms with Crippen LogP contribution in [0.1, 0.15) is 25.5 Å². The largest absolute Gasteiger partial charge is 0.285 e. The van der Waals surface area contributed by atoms with Gasteiger partial charge in [-0.05, 0) is 25.2 Å². The number of hydrogen-bond donors (Lipinski definition) is 0. The summed E-state index contributed by atoms with van der Waals surface area (Å²) in [5.74, 6) is -0.425. The topological polar surface area (TPSA) is 27.0 Å². The lowest BCUT2D eigenvalue weighted by Gasteiger charge is -2.24. The predicted molar refractivity (Wildman–Crippen MR) is 62.7 cm³/mol. The molecule has 1 unspecified atom stereocenters. The maximum atomic E-state index is 13.7. The first-order chi connectivity index (χ1) is 7.63. The van der Waals surface area contributed by atoms with Crippen LogP contribution in [0, 0.1) is 17.1 Å². The minimum Gasteiger partial charge on any atom is -0.285 e. The van der Waals surface area contributed by atoms with Crippen molar-refractivity contribution in [2.75, 3.05) is 13.1 Å². The van der Waals surface area contributed by atoms with E-state index in [1.807, 2.05) is 18.7 Å². The molecule has 0 aliphatic rings. The highest BCUT2D eigenvalue weighted by atomic mass is 35.5. The average molecular weight is 241 g/mol. The van der Waals surface area contributed by atoms with Gasteiger partial charge in [0.1, 0.15) is 11.9 Å². The van der Waals surface area contributed by atoms with Gasteiger partial charge in [-0.3, -0.25) is 4.90 Å². The monoisotopic (exact) mass is 240 g/mol. The van der Waals surface area contributed by atoms with Gasteiger partial charge in [0.15, 0.2) is 0 Å². The van der Waals surface area contributed by atoms with E-state index in [0.717, 1.165) is 0 Å². The van der Waals surface area contributed by atoms with E-state index in [0.29, 0.717) is 23.7 Å². The zero-order valence-electron chi connectivity index (χ0n) is 9.37. The van der Waals surface area contributed by atoms with Crippen LogP contribution in [0.5, 0.6) is 0 Å². The minimum atomic E-state index is -0.549. The highest BCUT2D eigenvalue weighted by Crippen LogP contribution is 2.24. The van der Waals surface area contributed by atoms with E-state index < -0.39 is 11.9 Å². The Morgan fingerprint density at radius 1 is 1.44 bits per heavy atom. The molecule has 1 atom stereocenters. The molecule has 16 heavy (non-hydrogen) atoms. The highest BCUT2D eigenvalue weighted by molar-refractivity contribution is 6.30. The molecule has 0 radical (unpaired) electrons. The van der Waals surface area contributed by atoms with Gasteiger partial charge in [-0.25, -0.2) is 4.39 Å². The Morgan fingerprint density at radius 2 is 2.06 bits per heavy atom. The average Bonchev–Trinajstić information content (AvgIpc) is 2.27. The van der Waals surface area contributed by atoms with E-state index >= 15 is 0 Å². The van der Waals surface area contributed by atoms with E-state index in [-0.39, 0.29) is 0 Å². The first kappa shape index (κ1) is 13.0. The van der Waals surface area contributed by atoms with Crippen LogP contribution in [0.25, 0.3) is 0 Å². The highest BCUT2D eigenvalue weighted by Gasteiger charge is 2.20. The molecule has 0 amide bonds. The summed E-state index contributed by atoms with van der Waals surface area (Å²) in [5, 5.41) is 9.46. The summed E-state index contributed by atoms with van der Waals surface area (Å²) in [6.07, 6.45) is 0. The molecule has 1 aromatic carbocycles. The second kappa shape index (κ2) is 5.83. The molecule has 0 fully saturated rings. The summed E-state index contributed by atoms with van der Waals surface area (Å²) in [7, 11) is 0. The number of hydrogen-bond acceptors (Lipinski definition) is 2. The zero-order valence-corrected chi connectivity index (χ0v) is 10.1. The van der Waals surface area contributed by atoms with Gasteiger partial charge in [-0.15, -0.1) is 0 Å². The maximum absolute atomic E-state index is 13.7. The number of nitriles is 1. The van der Waals surface area contributed by atoms with E-state index in [1.54, 1.807) is 12.1 Å². The van der Waals surface area contributed by atoms with Crippen molar-refractivity contribution >= 4 is 11.6 Å². The molecule has 0 aliphatic carbocycles. The van der Waals surface area contributed by atoms with Gasteiger partial charge >= 0.3 is 0 Å². The smallest absolute Gasteiger partial charge is 0.130 e. The van der Waals surface area contributed by atoms with E-state index in [1.165, 1.54) is 6.07 Å². The van der Waals surface area contributed by atoms with Crippen molar-refractivity contribution < 1.29 is 4.39 Å². The quantitative estimate of drug-likeness (QED) is 0.807. The van der Waals surface area contributed by atoms with Crippen LogP contribution in [-0.4, -0.2) is 18.0 Å². The Hall–Kier alpha value is -1.11. The summed E-state index contributed by atoms with van der Waals surface area (Å²) in [4.78, 5) is 1.90. The van der Waals surface area contributed by atoms with Crippen LogP contribution in [-0.2, 0) is 0 Å². The van der Waals surface area contributed by atoms with Crippen LogP contribution >= 0.6 is 11.6 Å². The lowest BCUT2D eigenvalue weighted by atomic mass is 10.1. The summed E-state index contributed by atoms with van der Waals surface area (Å²) in [6.45, 7) is 5.30. The molecule has 1 rings (SSSR count). The number of halogens is 2. The van der Waals surface area contributed by atoms with Crippen molar-refractivity contribution in [2.45, 2.75) is 19.9 Å². The molecule has 0 aliphatic heterocycles. The third-order valence-corrected chi connectivity index (χ3v) is 2.79. The van der Waals surface area contributed by atoms with Gasteiger partial charge in [0, 0.05) is 10.6 Å². The van der Waals surface area contributed by atoms with Crippen LogP contribution in [0.4, 0.5) is 4.39 Å². The third-order valence-electron chi connectivity index (χ3n) is 2.56. The lowest BCUT2D eigenvalue weighted by molar-refractivity contribution is 0.258. The Morgan fingerprint density at radius 3 is 2.50 bits per heavy atom. The van der Waals surface area contributed by atoms with Crippen LogP contribution in [0.2, 0.25) is 5.02 Å².